The van der Waals surface area contributed by atoms with Crippen LogP contribution in [0.25, 0.3) is 0 Å². The molecule has 196 valence electrons. The maximum absolute atomic E-state index is 13.7. The normalized spacial score (nSPS) is 17.7. The molecule has 1 aliphatic rings. The Morgan fingerprint density at radius 1 is 0.816 bits per heavy atom. The fourth-order valence-corrected chi connectivity index (χ4v) is 5.20. The number of esters is 3. The van der Waals surface area contributed by atoms with Gasteiger partial charge in [-0.15, -0.1) is 0 Å². The van der Waals surface area contributed by atoms with Crippen molar-refractivity contribution in [1.29, 1.82) is 0 Å². The van der Waals surface area contributed by atoms with Crippen LogP contribution in [0.1, 0.15) is 23.6 Å². The van der Waals surface area contributed by atoms with Crippen LogP contribution in [-0.2, 0) is 45.4 Å². The Hall–Kier alpha value is -4.46. The van der Waals surface area contributed by atoms with Crippen LogP contribution in [0, 0.1) is 5.92 Å². The molecule has 1 amide bonds. The zero-order chi connectivity index (χ0) is 27.3. The molecule has 3 atom stereocenters. The zero-order valence-electron chi connectivity index (χ0n) is 21.4. The first-order valence-electron chi connectivity index (χ1n) is 12.2. The van der Waals surface area contributed by atoms with Crippen molar-refractivity contribution < 1.29 is 33.4 Å². The third kappa shape index (κ3) is 4.77. The fraction of sp³-hybridized carbons (Fsp3) is 0.267. The Morgan fingerprint density at radius 3 is 1.76 bits per heavy atom. The Balaban J connectivity index is 1.98. The van der Waals surface area contributed by atoms with E-state index in [4.69, 9.17) is 14.2 Å². The lowest BCUT2D eigenvalue weighted by atomic mass is 9.68. The minimum Gasteiger partial charge on any atom is -0.468 e. The highest BCUT2D eigenvalue weighted by atomic mass is 16.6. The summed E-state index contributed by atoms with van der Waals surface area (Å²) in [5.41, 5.74) is 0.208. The number of β-lactam (4-membered cyclic amide) rings is 1. The Morgan fingerprint density at radius 2 is 1.32 bits per heavy atom. The largest absolute Gasteiger partial charge is 0.468 e. The molecule has 0 aromatic heterocycles. The van der Waals surface area contributed by atoms with E-state index in [1.807, 2.05) is 30.3 Å². The first-order valence-corrected chi connectivity index (χ1v) is 12.2. The molecule has 8 nitrogen and oxygen atoms in total. The number of carbonyl (C=O) groups excluding carboxylic acids is 4. The first-order chi connectivity index (χ1) is 18.3. The van der Waals surface area contributed by atoms with Gasteiger partial charge in [0, 0.05) is 24.5 Å². The van der Waals surface area contributed by atoms with Crippen molar-refractivity contribution in [2.24, 2.45) is 5.92 Å². The fourth-order valence-electron chi connectivity index (χ4n) is 5.20. The smallest absolute Gasteiger partial charge is 0.328 e. The number of hydrogen-bond acceptors (Lipinski definition) is 7. The summed E-state index contributed by atoms with van der Waals surface area (Å²) in [5.74, 6) is -4.02. The van der Waals surface area contributed by atoms with Crippen LogP contribution < -0.4 is 0 Å². The molecule has 0 N–H and O–H groups in total. The summed E-state index contributed by atoms with van der Waals surface area (Å²) in [4.78, 5) is 53.9. The maximum Gasteiger partial charge on any atom is 0.328 e. The van der Waals surface area contributed by atoms with Crippen molar-refractivity contribution >= 4 is 23.8 Å². The Kier molecular flexibility index (Phi) is 7.90. The van der Waals surface area contributed by atoms with E-state index in [0.717, 1.165) is 5.56 Å². The lowest BCUT2D eigenvalue weighted by Gasteiger charge is -2.56. The number of ether oxygens (including phenoxy) is 3. The van der Waals surface area contributed by atoms with Gasteiger partial charge in [-0.2, -0.15) is 0 Å². The second-order valence-corrected chi connectivity index (χ2v) is 8.98. The monoisotopic (exact) mass is 515 g/mol. The minimum absolute atomic E-state index is 0.128. The minimum atomic E-state index is -1.63. The van der Waals surface area contributed by atoms with Gasteiger partial charge in [0.05, 0.1) is 14.2 Å². The predicted octanol–water partition coefficient (Wildman–Crippen LogP) is 3.28. The van der Waals surface area contributed by atoms with Crippen molar-refractivity contribution in [3.8, 4) is 0 Å². The number of benzene rings is 3. The van der Waals surface area contributed by atoms with Gasteiger partial charge in [-0.05, 0) is 5.56 Å². The van der Waals surface area contributed by atoms with Crippen molar-refractivity contribution in [2.45, 2.75) is 31.0 Å². The van der Waals surface area contributed by atoms with Crippen molar-refractivity contribution in [3.63, 3.8) is 0 Å². The molecule has 1 heterocycles. The van der Waals surface area contributed by atoms with E-state index in [1.165, 1.54) is 26.0 Å². The Labute approximate surface area is 221 Å². The summed E-state index contributed by atoms with van der Waals surface area (Å²) in [6.45, 7) is 1.26. The van der Waals surface area contributed by atoms with Gasteiger partial charge in [-0.3, -0.25) is 14.4 Å². The van der Waals surface area contributed by atoms with Gasteiger partial charge in [0.25, 0.3) is 0 Å². The van der Waals surface area contributed by atoms with E-state index in [2.05, 4.69) is 0 Å². The third-order valence-electron chi connectivity index (χ3n) is 6.80. The van der Waals surface area contributed by atoms with E-state index in [0.29, 0.717) is 11.1 Å². The maximum atomic E-state index is 13.7. The van der Waals surface area contributed by atoms with Gasteiger partial charge < -0.3 is 19.1 Å². The average molecular weight is 516 g/mol. The lowest BCUT2D eigenvalue weighted by Crippen LogP contribution is -2.75. The molecule has 4 rings (SSSR count). The number of likely N-dealkylation sites (tertiary alicyclic amines) is 1. The predicted molar refractivity (Wildman–Crippen MR) is 138 cm³/mol. The molecule has 1 saturated heterocycles. The molecular formula is C30H29NO7. The van der Waals surface area contributed by atoms with Crippen molar-refractivity contribution in [2.75, 3.05) is 14.2 Å². The Bertz CT molecular complexity index is 1250. The lowest BCUT2D eigenvalue weighted by molar-refractivity contribution is -0.203. The van der Waals surface area contributed by atoms with Crippen LogP contribution in [0.5, 0.6) is 0 Å². The standard InChI is InChI=1S/C30H29NO7/c1-20(32)38-30(22-15-9-5-10-16-22,23-17-11-6-12-18-23)26-25(29(35)37-3)27(33)31(26)24(28(34)36-2)19-21-13-7-4-8-14-21/h4-18,24-26H,19H2,1-3H3/t24?,25-,26+/m1/s1. The van der Waals surface area contributed by atoms with Crippen LogP contribution in [0.4, 0.5) is 0 Å². The number of methoxy groups -OCH3 is 2. The molecule has 1 aliphatic heterocycles. The van der Waals surface area contributed by atoms with Crippen LogP contribution in [0.15, 0.2) is 91.0 Å². The third-order valence-corrected chi connectivity index (χ3v) is 6.80. The summed E-state index contributed by atoms with van der Waals surface area (Å²) in [7, 11) is 2.43. The van der Waals surface area contributed by atoms with Gasteiger partial charge in [0.15, 0.2) is 11.5 Å². The number of hydrogen-bond donors (Lipinski definition) is 0. The summed E-state index contributed by atoms with van der Waals surface area (Å²) < 4.78 is 16.3. The second-order valence-electron chi connectivity index (χ2n) is 8.98. The highest BCUT2D eigenvalue weighted by molar-refractivity contribution is 6.06. The molecule has 0 spiro atoms. The van der Waals surface area contributed by atoms with E-state index in [-0.39, 0.29) is 6.42 Å². The molecule has 38 heavy (non-hydrogen) atoms. The van der Waals surface area contributed by atoms with E-state index < -0.39 is 47.4 Å². The molecule has 1 fully saturated rings. The van der Waals surface area contributed by atoms with Crippen LogP contribution >= 0.6 is 0 Å². The SMILES string of the molecule is COC(=O)C(Cc1ccccc1)N1C(=O)[C@H](C(=O)OC)[C@H]1C(OC(C)=O)(c1ccccc1)c1ccccc1. The topological polar surface area (TPSA) is 99.2 Å². The summed E-state index contributed by atoms with van der Waals surface area (Å²) in [6, 6.07) is 24.7. The highest BCUT2D eigenvalue weighted by Crippen LogP contribution is 2.49. The van der Waals surface area contributed by atoms with Gasteiger partial charge in [-0.1, -0.05) is 91.0 Å². The van der Waals surface area contributed by atoms with Crippen LogP contribution in [0.2, 0.25) is 0 Å². The van der Waals surface area contributed by atoms with E-state index >= 15 is 0 Å². The summed E-state index contributed by atoms with van der Waals surface area (Å²) in [5, 5.41) is 0. The molecular weight excluding hydrogens is 486 g/mol. The number of amides is 1. The highest BCUT2D eigenvalue weighted by Gasteiger charge is 2.66. The van der Waals surface area contributed by atoms with Gasteiger partial charge in [0.2, 0.25) is 5.91 Å². The second kappa shape index (κ2) is 11.3. The van der Waals surface area contributed by atoms with E-state index in [1.54, 1.807) is 60.7 Å². The van der Waals surface area contributed by atoms with Crippen molar-refractivity contribution in [1.82, 2.24) is 4.90 Å². The van der Waals surface area contributed by atoms with Gasteiger partial charge >= 0.3 is 17.9 Å². The first kappa shape index (κ1) is 26.6. The molecule has 8 heteroatoms. The van der Waals surface area contributed by atoms with Gasteiger partial charge in [-0.25, -0.2) is 4.79 Å². The summed E-state index contributed by atoms with van der Waals surface area (Å²) >= 11 is 0. The molecule has 0 bridgehead atoms. The average Bonchev–Trinajstić information content (AvgIpc) is 2.95. The molecule has 0 saturated carbocycles. The van der Waals surface area contributed by atoms with Gasteiger partial charge in [0.1, 0.15) is 12.1 Å². The summed E-state index contributed by atoms with van der Waals surface area (Å²) in [6.07, 6.45) is 0.128. The molecule has 1 unspecified atom stereocenters. The molecule has 3 aromatic carbocycles. The molecule has 0 radical (unpaired) electrons. The molecule has 0 aliphatic carbocycles. The van der Waals surface area contributed by atoms with Crippen LogP contribution in [0.3, 0.4) is 0 Å². The van der Waals surface area contributed by atoms with Crippen LogP contribution in [-0.4, -0.2) is 55.0 Å². The number of nitrogens with zero attached hydrogens (tertiary/aromatic N) is 1. The number of rotatable bonds is 9. The van der Waals surface area contributed by atoms with E-state index in [9.17, 15) is 19.2 Å². The number of carbonyl (C=O) groups is 4. The van der Waals surface area contributed by atoms with Crippen molar-refractivity contribution in [3.05, 3.63) is 108 Å². The quantitative estimate of drug-likeness (QED) is 0.187. The zero-order valence-corrected chi connectivity index (χ0v) is 21.4. The molecule has 3 aromatic rings.